The van der Waals surface area contributed by atoms with E-state index in [-0.39, 0.29) is 184 Å². The van der Waals surface area contributed by atoms with Gasteiger partial charge in [0.1, 0.15) is 40.5 Å². The second kappa shape index (κ2) is 35.7. The number of fused-ring (bicyclic) bond motifs is 4. The molecule has 0 aliphatic carbocycles. The third-order valence-electron chi connectivity index (χ3n) is 10.3. The molecule has 5 aliphatic heterocycles. The van der Waals surface area contributed by atoms with Crippen LogP contribution in [0, 0.1) is 0 Å². The number of rotatable bonds is 8. The molecular formula is C44H48N4Na4O24S4. The summed E-state index contributed by atoms with van der Waals surface area (Å²) in [4.78, 5) is 18.0. The van der Waals surface area contributed by atoms with E-state index in [1.54, 1.807) is 48.6 Å². The Balaban J connectivity index is -0.000000540. The number of hydrogen-bond donors (Lipinski definition) is 0. The van der Waals surface area contributed by atoms with Gasteiger partial charge in [-0.15, -0.1) is 0 Å². The fraction of sp³-hybridized carbons (Fsp3) is 0. The first-order valence-corrected chi connectivity index (χ1v) is 24.2. The predicted molar refractivity (Wildman–Crippen MR) is 275 cm³/mol. The molecule has 4 aromatic rings. The first-order valence-electron chi connectivity index (χ1n) is 18.5. The molecule has 0 saturated carbocycles. The van der Waals surface area contributed by atoms with Crippen molar-refractivity contribution in [2.75, 3.05) is 0 Å². The van der Waals surface area contributed by atoms with Gasteiger partial charge in [0.2, 0.25) is 0 Å². The van der Waals surface area contributed by atoms with Gasteiger partial charge in [-0.05, 0) is 119 Å². The molecule has 0 radical (unpaired) electrons. The van der Waals surface area contributed by atoms with Gasteiger partial charge in [0, 0.05) is 22.3 Å². The van der Waals surface area contributed by atoms with Crippen LogP contribution >= 0.6 is 0 Å². The van der Waals surface area contributed by atoms with Crippen molar-refractivity contribution in [1.29, 1.82) is 0 Å². The maximum Gasteiger partial charge on any atom is 1.00 e. The van der Waals surface area contributed by atoms with Crippen LogP contribution < -0.4 is 118 Å². The molecule has 0 aromatic heterocycles. The van der Waals surface area contributed by atoms with Crippen LogP contribution in [-0.2, 0) is 40.5 Å². The van der Waals surface area contributed by atoms with Crippen molar-refractivity contribution in [3.8, 4) is 0 Å². The predicted octanol–water partition coefficient (Wildman–Crippen LogP) is -16.6. The van der Waals surface area contributed by atoms with Gasteiger partial charge < -0.3 is 83.9 Å². The average molecular weight is 1240 g/mol. The molecule has 28 nitrogen and oxygen atoms in total. The Hall–Kier alpha value is -3.36. The molecule has 0 amide bonds. The quantitative estimate of drug-likeness (QED) is 0.117. The number of nitrogens with zero attached hydrogens (tertiary/aromatic N) is 4. The van der Waals surface area contributed by atoms with Gasteiger partial charge >= 0.3 is 118 Å². The van der Waals surface area contributed by atoms with E-state index in [0.29, 0.717) is 90.2 Å². The molecule has 4 aromatic carbocycles. The summed E-state index contributed by atoms with van der Waals surface area (Å²) in [5, 5.41) is 0. The topological polar surface area (TPSA) is 656 Å². The first kappa shape index (κ1) is 93.1. The van der Waals surface area contributed by atoms with Crippen LogP contribution in [0.1, 0.15) is 22.3 Å². The Morgan fingerprint density at radius 1 is 0.237 bits per heavy atom. The molecule has 9 rings (SSSR count). The smallest absolute Gasteiger partial charge is 0.744 e. The minimum absolute atomic E-state index is 0. The average Bonchev–Trinajstić information content (AvgIpc) is 4.08. The van der Waals surface area contributed by atoms with Gasteiger partial charge in [-0.1, -0.05) is 48.5 Å². The van der Waals surface area contributed by atoms with Crippen LogP contribution in [0.15, 0.2) is 208 Å². The Morgan fingerprint density at radius 3 is 0.500 bits per heavy atom. The van der Waals surface area contributed by atoms with Crippen molar-refractivity contribution in [3.63, 3.8) is 0 Å². The number of benzene rings is 4. The summed E-state index contributed by atoms with van der Waals surface area (Å²) in [6, 6.07) is 20.6. The molecule has 0 unspecified atom stereocenters. The van der Waals surface area contributed by atoms with Crippen molar-refractivity contribution >= 4 is 85.6 Å². The Morgan fingerprint density at radius 2 is 0.375 bits per heavy atom. The van der Waals surface area contributed by atoms with Gasteiger partial charge in [-0.3, -0.25) is 0 Å². The second-order valence-corrected chi connectivity index (χ2v) is 19.8. The van der Waals surface area contributed by atoms with Crippen LogP contribution in [0.3, 0.4) is 0 Å². The zero-order valence-electron chi connectivity index (χ0n) is 42.2. The van der Waals surface area contributed by atoms with E-state index in [4.69, 9.17) is 20.0 Å². The largest absolute Gasteiger partial charge is 1.00 e. The molecule has 0 fully saturated rings. The summed E-state index contributed by atoms with van der Waals surface area (Å²) in [5.74, 6) is 0. The molecule has 0 atom stereocenters. The van der Waals surface area contributed by atoms with Gasteiger partial charge in [0.15, 0.2) is 0 Å². The van der Waals surface area contributed by atoms with E-state index in [2.05, 4.69) is 0 Å². The van der Waals surface area contributed by atoms with Crippen LogP contribution in [0.5, 0.6) is 0 Å². The molecule has 24 N–H and O–H groups in total. The molecule has 8 bridgehead atoms. The molecule has 416 valence electrons. The van der Waals surface area contributed by atoms with Gasteiger partial charge in [0.05, 0.1) is 65.2 Å². The number of allylic oxidation sites excluding steroid dienone is 12. The molecule has 80 heavy (non-hydrogen) atoms. The van der Waals surface area contributed by atoms with Gasteiger partial charge in [-0.2, -0.15) is 0 Å². The summed E-state index contributed by atoms with van der Waals surface area (Å²) in [6.07, 6.45) is 13.3. The third-order valence-corrected chi connectivity index (χ3v) is 13.7. The molecule has 5 aliphatic rings. The molecular weight excluding hydrogens is 1190 g/mol. The van der Waals surface area contributed by atoms with Crippen molar-refractivity contribution in [3.05, 3.63) is 191 Å². The molecule has 5 heterocycles. The Labute approximate surface area is 545 Å². The summed E-state index contributed by atoms with van der Waals surface area (Å²) in [6.45, 7) is 0. The molecule has 36 heteroatoms. The summed E-state index contributed by atoms with van der Waals surface area (Å²) in [7, 11) is -19.3. The summed E-state index contributed by atoms with van der Waals surface area (Å²) >= 11 is 0. The van der Waals surface area contributed by atoms with Crippen molar-refractivity contribution < 1.29 is 236 Å². The van der Waals surface area contributed by atoms with Crippen molar-refractivity contribution in [1.82, 2.24) is 0 Å². The number of aliphatic imine (C=N–C) groups is 4. The van der Waals surface area contributed by atoms with Crippen LogP contribution in [0.25, 0.3) is 22.3 Å². The maximum atomic E-state index is 11.9. The van der Waals surface area contributed by atoms with E-state index in [0.717, 1.165) is 48.5 Å². The normalized spacial score (nSPS) is 13.9. The Kier molecular flexibility index (Phi) is 41.5. The van der Waals surface area contributed by atoms with E-state index < -0.39 is 60.1 Å². The summed E-state index contributed by atoms with van der Waals surface area (Å²) < 4.78 is 143. The fourth-order valence-corrected chi connectivity index (χ4v) is 9.30. The van der Waals surface area contributed by atoms with Crippen molar-refractivity contribution in [2.45, 2.75) is 19.6 Å². The SMILES string of the molecule is O.O.O.O.O.O.O.O.O.O.O.O.O=S(=O)([O-])c1ccc(C2=C3C=CC(=N3)C(c3ccc(S(=O)(=O)[O-])cc3)=C3C=CC(=N3)C(c3ccc(S(=O)(=O)[O-])cc3)=C3C=CC(=N3)C(c3ccc(S(=O)(=O)[O-])cc3)=C3C=CC2=N3)cc1.[Na+].[Na+].[Na+].[Na+]. The van der Waals surface area contributed by atoms with Gasteiger partial charge in [-0.25, -0.2) is 53.6 Å². The minimum atomic E-state index is -4.82. The zero-order chi connectivity index (χ0) is 45.3. The monoisotopic (exact) mass is 1240 g/mol. The van der Waals surface area contributed by atoms with E-state index in [1.165, 1.54) is 48.5 Å². The fourth-order valence-electron chi connectivity index (χ4n) is 7.42. The van der Waals surface area contributed by atoms with E-state index in [1.807, 2.05) is 0 Å². The van der Waals surface area contributed by atoms with Crippen molar-refractivity contribution in [2.24, 2.45) is 20.0 Å². The summed E-state index contributed by atoms with van der Waals surface area (Å²) in [5.41, 5.74) is 5.63. The standard InChI is InChI=1S/C44H28N4O12S4.4Na.12H2O/c49-61(50,51)29-9-1-25(2-10-29)41-33-17-19-35(45-33)42(26-3-11-30(12-4-26)62(52,53)54)37-21-23-39(47-37)44(28-7-15-32(16-8-28)64(58,59)60)40-24-22-38(48-40)43(36-20-18-34(41)46-36)27-5-13-31(14-6-27)63(55,56)57;;;;;;;;;;;;;;;;/h1-24H,(H,49,50,51)(H,52,53,54)(H,55,56,57)(H,58,59,60);;;;;12*1H2/q;4*+1;;;;;;;;;;;;/p-4. The molecule has 0 saturated heterocycles. The van der Waals surface area contributed by atoms with E-state index >= 15 is 0 Å². The minimum Gasteiger partial charge on any atom is -0.744 e. The Bertz CT molecular complexity index is 3190. The number of hydrogen-bond acceptors (Lipinski definition) is 16. The maximum absolute atomic E-state index is 11.9. The third kappa shape index (κ3) is 19.3. The zero-order valence-corrected chi connectivity index (χ0v) is 53.4. The van der Waals surface area contributed by atoms with Crippen LogP contribution in [0.2, 0.25) is 0 Å². The molecule has 0 spiro atoms. The second-order valence-electron chi connectivity index (χ2n) is 14.3. The first-order chi connectivity index (χ1) is 30.2. The van der Waals surface area contributed by atoms with Gasteiger partial charge in [0.25, 0.3) is 0 Å². The van der Waals surface area contributed by atoms with E-state index in [9.17, 15) is 51.9 Å². The van der Waals surface area contributed by atoms with Crippen LogP contribution in [0.4, 0.5) is 0 Å². The van der Waals surface area contributed by atoms with Crippen LogP contribution in [-0.4, -0.2) is 140 Å².